The van der Waals surface area contributed by atoms with Gasteiger partial charge in [0.2, 0.25) is 0 Å². The predicted octanol–water partition coefficient (Wildman–Crippen LogP) is 2.60. The van der Waals surface area contributed by atoms with E-state index in [0.29, 0.717) is 6.42 Å². The average molecular weight is 239 g/mol. The van der Waals surface area contributed by atoms with E-state index in [1.165, 1.54) is 6.07 Å². The first-order chi connectivity index (χ1) is 8.15. The maximum absolute atomic E-state index is 12.8. The van der Waals surface area contributed by atoms with Gasteiger partial charge in [-0.05, 0) is 30.2 Å². The summed E-state index contributed by atoms with van der Waals surface area (Å²) in [5.41, 5.74) is 7.80. The molecule has 0 radical (unpaired) electrons. The second kappa shape index (κ2) is 6.34. The topological polar surface area (TPSA) is 95.3 Å². The number of rotatable bonds is 6. The number of hydrogen-bond donors (Lipinski definition) is 1. The molecular formula is C10H10FN3O3. The van der Waals surface area contributed by atoms with Gasteiger partial charge in [-0.2, -0.15) is 0 Å². The molecule has 1 aromatic rings. The van der Waals surface area contributed by atoms with Crippen LogP contribution in [0.2, 0.25) is 0 Å². The summed E-state index contributed by atoms with van der Waals surface area (Å²) in [6, 6.07) is 3.27. The van der Waals surface area contributed by atoms with Gasteiger partial charge in [-0.15, -0.1) is 0 Å². The highest BCUT2D eigenvalue weighted by molar-refractivity contribution is 5.90. The molecule has 0 saturated carbocycles. The second-order valence-electron chi connectivity index (χ2n) is 3.10. The molecule has 1 N–H and O–H groups in total. The van der Waals surface area contributed by atoms with Gasteiger partial charge in [-0.25, -0.2) is 9.18 Å². The zero-order chi connectivity index (χ0) is 12.7. The Hall–Kier alpha value is -2.27. The van der Waals surface area contributed by atoms with Crippen molar-refractivity contribution in [2.24, 2.45) is 5.11 Å². The van der Waals surface area contributed by atoms with E-state index in [4.69, 9.17) is 15.4 Å². The molecule has 6 nitrogen and oxygen atoms in total. The molecule has 0 aromatic heterocycles. The Morgan fingerprint density at radius 1 is 1.59 bits per heavy atom. The first-order valence-corrected chi connectivity index (χ1v) is 4.81. The van der Waals surface area contributed by atoms with Gasteiger partial charge in [0.15, 0.2) is 0 Å². The van der Waals surface area contributed by atoms with Crippen LogP contribution in [0.4, 0.5) is 4.39 Å². The summed E-state index contributed by atoms with van der Waals surface area (Å²) in [5.74, 6) is -1.79. The number of nitrogens with zero attached hydrogens (tertiary/aromatic N) is 3. The van der Waals surface area contributed by atoms with Crippen LogP contribution in [0.5, 0.6) is 5.75 Å². The van der Waals surface area contributed by atoms with E-state index < -0.39 is 11.8 Å². The molecule has 0 atom stereocenters. The van der Waals surface area contributed by atoms with Gasteiger partial charge in [0.25, 0.3) is 0 Å². The van der Waals surface area contributed by atoms with Gasteiger partial charge in [-0.1, -0.05) is 5.11 Å². The van der Waals surface area contributed by atoms with Crippen LogP contribution < -0.4 is 4.74 Å². The van der Waals surface area contributed by atoms with Crippen LogP contribution in [0.3, 0.4) is 0 Å². The van der Waals surface area contributed by atoms with Crippen molar-refractivity contribution in [3.63, 3.8) is 0 Å². The molecule has 0 heterocycles. The first-order valence-electron chi connectivity index (χ1n) is 4.81. The fraction of sp³-hybridized carbons (Fsp3) is 0.300. The minimum absolute atomic E-state index is 0.0971. The van der Waals surface area contributed by atoms with Crippen molar-refractivity contribution in [3.05, 3.63) is 40.0 Å². The molecule has 0 fully saturated rings. The molecule has 0 aliphatic rings. The van der Waals surface area contributed by atoms with Crippen LogP contribution in [0.1, 0.15) is 16.8 Å². The van der Waals surface area contributed by atoms with E-state index in [1.807, 2.05) is 0 Å². The Morgan fingerprint density at radius 3 is 3.00 bits per heavy atom. The quantitative estimate of drug-likeness (QED) is 0.357. The van der Waals surface area contributed by atoms with Gasteiger partial charge < -0.3 is 9.84 Å². The summed E-state index contributed by atoms with van der Waals surface area (Å²) >= 11 is 0. The molecule has 0 amide bonds. The van der Waals surface area contributed by atoms with E-state index in [-0.39, 0.29) is 24.5 Å². The van der Waals surface area contributed by atoms with Crippen molar-refractivity contribution in [1.82, 2.24) is 0 Å². The fourth-order valence-electron chi connectivity index (χ4n) is 1.16. The largest absolute Gasteiger partial charge is 0.493 e. The molecular weight excluding hydrogens is 229 g/mol. The maximum atomic E-state index is 12.8. The lowest BCUT2D eigenvalue weighted by Gasteiger charge is -2.08. The van der Waals surface area contributed by atoms with Gasteiger partial charge in [-0.3, -0.25) is 0 Å². The normalized spacial score (nSPS) is 9.47. The minimum Gasteiger partial charge on any atom is -0.493 e. The van der Waals surface area contributed by atoms with Gasteiger partial charge in [0, 0.05) is 11.5 Å². The monoisotopic (exact) mass is 239 g/mol. The van der Waals surface area contributed by atoms with Crippen LogP contribution >= 0.6 is 0 Å². The highest BCUT2D eigenvalue weighted by Gasteiger charge is 2.12. The summed E-state index contributed by atoms with van der Waals surface area (Å²) < 4.78 is 18.0. The Balaban J connectivity index is 2.64. The third-order valence-electron chi connectivity index (χ3n) is 1.90. The molecule has 0 saturated heterocycles. The van der Waals surface area contributed by atoms with Crippen LogP contribution in [0.25, 0.3) is 10.4 Å². The third kappa shape index (κ3) is 4.00. The smallest absolute Gasteiger partial charge is 0.339 e. The Bertz CT molecular complexity index is 458. The predicted molar refractivity (Wildman–Crippen MR) is 57.5 cm³/mol. The van der Waals surface area contributed by atoms with Crippen LogP contribution in [-0.4, -0.2) is 24.2 Å². The van der Waals surface area contributed by atoms with Crippen molar-refractivity contribution >= 4 is 5.97 Å². The van der Waals surface area contributed by atoms with Crippen molar-refractivity contribution in [1.29, 1.82) is 0 Å². The molecule has 90 valence electrons. The van der Waals surface area contributed by atoms with Crippen molar-refractivity contribution in [3.8, 4) is 5.75 Å². The number of benzene rings is 1. The number of halogens is 1. The van der Waals surface area contributed by atoms with Crippen molar-refractivity contribution in [2.75, 3.05) is 13.2 Å². The summed E-state index contributed by atoms with van der Waals surface area (Å²) in [7, 11) is 0. The van der Waals surface area contributed by atoms with Gasteiger partial charge in [0.05, 0.1) is 6.61 Å². The maximum Gasteiger partial charge on any atom is 0.339 e. The Kier molecular flexibility index (Phi) is 4.77. The molecule has 0 bridgehead atoms. The lowest BCUT2D eigenvalue weighted by atomic mass is 10.2. The number of carboxylic acid groups (broad SMARTS) is 1. The van der Waals surface area contributed by atoms with E-state index in [9.17, 15) is 9.18 Å². The summed E-state index contributed by atoms with van der Waals surface area (Å²) in [6.07, 6.45) is 0.459. The first kappa shape index (κ1) is 12.8. The molecule has 0 aliphatic carbocycles. The lowest BCUT2D eigenvalue weighted by molar-refractivity contribution is 0.0691. The molecule has 1 rings (SSSR count). The Morgan fingerprint density at radius 2 is 2.35 bits per heavy atom. The summed E-state index contributed by atoms with van der Waals surface area (Å²) in [4.78, 5) is 13.4. The lowest BCUT2D eigenvalue weighted by Crippen LogP contribution is -2.05. The van der Waals surface area contributed by atoms with Crippen LogP contribution in [-0.2, 0) is 0 Å². The number of hydrogen-bond acceptors (Lipinski definition) is 3. The summed E-state index contributed by atoms with van der Waals surface area (Å²) in [6.45, 7) is 0.463. The van der Waals surface area contributed by atoms with Gasteiger partial charge in [0.1, 0.15) is 17.1 Å². The second-order valence-corrected chi connectivity index (χ2v) is 3.10. The number of ether oxygens (including phenoxy) is 1. The number of carboxylic acids is 1. The van der Waals surface area contributed by atoms with E-state index in [1.54, 1.807) is 0 Å². The van der Waals surface area contributed by atoms with Crippen LogP contribution in [0, 0.1) is 5.82 Å². The third-order valence-corrected chi connectivity index (χ3v) is 1.90. The fourth-order valence-corrected chi connectivity index (χ4v) is 1.16. The number of aromatic carboxylic acids is 1. The SMILES string of the molecule is [N-]=[N+]=NCCCOc1ccc(F)cc1C(=O)O. The van der Waals surface area contributed by atoms with Crippen molar-refractivity contribution < 1.29 is 19.0 Å². The Labute approximate surface area is 96.3 Å². The minimum atomic E-state index is -1.26. The average Bonchev–Trinajstić information content (AvgIpc) is 2.30. The number of azide groups is 1. The highest BCUT2D eigenvalue weighted by atomic mass is 19.1. The zero-order valence-electron chi connectivity index (χ0n) is 8.84. The molecule has 1 aromatic carbocycles. The van der Waals surface area contributed by atoms with Crippen LogP contribution in [0.15, 0.2) is 23.3 Å². The van der Waals surface area contributed by atoms with E-state index in [2.05, 4.69) is 10.0 Å². The standard InChI is InChI=1S/C10H10FN3O3/c11-7-2-3-9(8(6-7)10(15)16)17-5-1-4-13-14-12/h2-3,6H,1,4-5H2,(H,15,16). The zero-order valence-corrected chi connectivity index (χ0v) is 8.84. The van der Waals surface area contributed by atoms with E-state index in [0.717, 1.165) is 12.1 Å². The number of carbonyl (C=O) groups is 1. The highest BCUT2D eigenvalue weighted by Crippen LogP contribution is 2.19. The molecule has 17 heavy (non-hydrogen) atoms. The molecule has 7 heteroatoms. The van der Waals surface area contributed by atoms with Crippen molar-refractivity contribution in [2.45, 2.75) is 6.42 Å². The molecule has 0 aliphatic heterocycles. The van der Waals surface area contributed by atoms with E-state index >= 15 is 0 Å². The molecule has 0 spiro atoms. The molecule has 0 unspecified atom stereocenters. The summed E-state index contributed by atoms with van der Waals surface area (Å²) in [5, 5.41) is 12.1. The van der Waals surface area contributed by atoms with Gasteiger partial charge >= 0.3 is 5.97 Å².